The smallest absolute Gasteiger partial charge is 0.295 e. The molecular formula is C18H17FN4O2. The largest absolute Gasteiger partial charge is 0.398 e. The molecule has 0 aliphatic carbocycles. The molecule has 3 aromatic rings. The van der Waals surface area contributed by atoms with Gasteiger partial charge in [0.05, 0.1) is 16.9 Å². The first kappa shape index (κ1) is 16.5. The Morgan fingerprint density at radius 3 is 2.52 bits per heavy atom. The van der Waals surface area contributed by atoms with Crippen molar-refractivity contribution >= 4 is 17.3 Å². The van der Waals surface area contributed by atoms with E-state index in [0.29, 0.717) is 11.4 Å². The molecule has 0 spiro atoms. The zero-order valence-corrected chi connectivity index (χ0v) is 13.8. The van der Waals surface area contributed by atoms with Gasteiger partial charge in [0, 0.05) is 12.7 Å². The molecule has 0 atom stereocenters. The summed E-state index contributed by atoms with van der Waals surface area (Å²) in [5, 5.41) is 2.55. The van der Waals surface area contributed by atoms with Crippen molar-refractivity contribution in [1.82, 2.24) is 9.36 Å². The fourth-order valence-corrected chi connectivity index (χ4v) is 2.62. The Labute approximate surface area is 143 Å². The van der Waals surface area contributed by atoms with Gasteiger partial charge in [0.2, 0.25) is 0 Å². The molecule has 0 bridgehead atoms. The van der Waals surface area contributed by atoms with Crippen molar-refractivity contribution in [2.24, 2.45) is 7.05 Å². The van der Waals surface area contributed by atoms with Crippen LogP contribution in [0.25, 0.3) is 5.69 Å². The Morgan fingerprint density at radius 2 is 1.84 bits per heavy atom. The fourth-order valence-electron chi connectivity index (χ4n) is 2.62. The topological polar surface area (TPSA) is 82.1 Å². The second-order valence-electron chi connectivity index (χ2n) is 5.62. The third-order valence-corrected chi connectivity index (χ3v) is 4.05. The average molecular weight is 340 g/mol. The Kier molecular flexibility index (Phi) is 4.14. The average Bonchev–Trinajstić information content (AvgIpc) is 2.81. The number of nitrogen functional groups attached to an aromatic ring is 1. The first-order chi connectivity index (χ1) is 11.9. The van der Waals surface area contributed by atoms with E-state index >= 15 is 0 Å². The highest BCUT2D eigenvalue weighted by atomic mass is 19.1. The minimum atomic E-state index is -0.636. The van der Waals surface area contributed by atoms with Crippen LogP contribution in [0.5, 0.6) is 0 Å². The van der Waals surface area contributed by atoms with Crippen LogP contribution in [0.2, 0.25) is 0 Å². The molecule has 3 N–H and O–H groups in total. The molecule has 0 aliphatic rings. The Morgan fingerprint density at radius 1 is 1.16 bits per heavy atom. The molecule has 0 unspecified atom stereocenters. The van der Waals surface area contributed by atoms with Gasteiger partial charge >= 0.3 is 0 Å². The van der Waals surface area contributed by atoms with Gasteiger partial charge in [-0.2, -0.15) is 0 Å². The van der Waals surface area contributed by atoms with Crippen LogP contribution in [-0.2, 0) is 7.05 Å². The van der Waals surface area contributed by atoms with Crippen LogP contribution in [0.15, 0.2) is 53.3 Å². The van der Waals surface area contributed by atoms with Crippen LogP contribution >= 0.6 is 0 Å². The Bertz CT molecular complexity index is 1010. The van der Waals surface area contributed by atoms with Crippen molar-refractivity contribution in [3.8, 4) is 5.69 Å². The van der Waals surface area contributed by atoms with Gasteiger partial charge in [-0.3, -0.25) is 14.3 Å². The highest BCUT2D eigenvalue weighted by Gasteiger charge is 2.20. The molecule has 128 valence electrons. The normalized spacial score (nSPS) is 10.7. The number of nitrogens with two attached hydrogens (primary N) is 1. The Balaban J connectivity index is 2.03. The summed E-state index contributed by atoms with van der Waals surface area (Å²) in [4.78, 5) is 25.2. The minimum absolute atomic E-state index is 0.0195. The highest BCUT2D eigenvalue weighted by Crippen LogP contribution is 2.18. The predicted molar refractivity (Wildman–Crippen MR) is 94.5 cm³/mol. The number of amides is 1. The van der Waals surface area contributed by atoms with E-state index in [2.05, 4.69) is 5.32 Å². The first-order valence-electron chi connectivity index (χ1n) is 7.60. The van der Waals surface area contributed by atoms with Gasteiger partial charge < -0.3 is 11.1 Å². The van der Waals surface area contributed by atoms with Gasteiger partial charge in [0.1, 0.15) is 11.5 Å². The summed E-state index contributed by atoms with van der Waals surface area (Å²) in [6, 6.07) is 12.6. The van der Waals surface area contributed by atoms with E-state index in [-0.39, 0.29) is 22.5 Å². The summed E-state index contributed by atoms with van der Waals surface area (Å²) in [7, 11) is 1.72. The van der Waals surface area contributed by atoms with E-state index in [1.165, 1.54) is 16.8 Å². The van der Waals surface area contributed by atoms with Gasteiger partial charge in [-0.05, 0) is 37.3 Å². The van der Waals surface area contributed by atoms with Gasteiger partial charge in [-0.15, -0.1) is 0 Å². The summed E-state index contributed by atoms with van der Waals surface area (Å²) in [5.74, 6) is -1.21. The number of halogens is 1. The van der Waals surface area contributed by atoms with Gasteiger partial charge in [-0.25, -0.2) is 9.07 Å². The molecule has 0 saturated heterocycles. The number of anilines is 2. The molecule has 0 saturated carbocycles. The molecular weight excluding hydrogens is 323 g/mol. The zero-order valence-electron chi connectivity index (χ0n) is 13.8. The van der Waals surface area contributed by atoms with E-state index in [0.717, 1.165) is 6.07 Å². The van der Waals surface area contributed by atoms with E-state index in [1.807, 2.05) is 18.2 Å². The van der Waals surface area contributed by atoms with E-state index in [9.17, 15) is 14.0 Å². The maximum atomic E-state index is 13.4. The van der Waals surface area contributed by atoms with Crippen molar-refractivity contribution in [3.05, 3.63) is 76.0 Å². The molecule has 6 nitrogen and oxygen atoms in total. The van der Waals surface area contributed by atoms with Crippen molar-refractivity contribution in [3.63, 3.8) is 0 Å². The highest BCUT2D eigenvalue weighted by molar-refractivity contribution is 6.07. The summed E-state index contributed by atoms with van der Waals surface area (Å²) >= 11 is 0. The van der Waals surface area contributed by atoms with Crippen molar-refractivity contribution in [2.45, 2.75) is 6.92 Å². The number of carbonyl (C=O) groups excluding carboxylic acids is 1. The minimum Gasteiger partial charge on any atom is -0.398 e. The fraction of sp³-hybridized carbons (Fsp3) is 0.111. The monoisotopic (exact) mass is 340 g/mol. The maximum Gasteiger partial charge on any atom is 0.295 e. The second kappa shape index (κ2) is 6.27. The lowest BCUT2D eigenvalue weighted by molar-refractivity contribution is 0.102. The Hall–Kier alpha value is -3.35. The lowest BCUT2D eigenvalue weighted by Gasteiger charge is -2.07. The number of para-hydroxylation sites is 1. The number of hydrogen-bond acceptors (Lipinski definition) is 3. The third-order valence-electron chi connectivity index (χ3n) is 4.05. The second-order valence-corrected chi connectivity index (χ2v) is 5.62. The molecule has 7 heteroatoms. The van der Waals surface area contributed by atoms with Crippen molar-refractivity contribution in [1.29, 1.82) is 0 Å². The zero-order chi connectivity index (χ0) is 18.1. The van der Waals surface area contributed by atoms with Gasteiger partial charge in [0.15, 0.2) is 0 Å². The first-order valence-corrected chi connectivity index (χ1v) is 7.60. The lowest BCUT2D eigenvalue weighted by Crippen LogP contribution is -2.23. The van der Waals surface area contributed by atoms with Crippen LogP contribution < -0.4 is 16.6 Å². The number of hydrogen-bond donors (Lipinski definition) is 2. The molecule has 1 heterocycles. The van der Waals surface area contributed by atoms with Crippen LogP contribution in [-0.4, -0.2) is 15.3 Å². The predicted octanol–water partition coefficient (Wildman–Crippen LogP) is 2.46. The van der Waals surface area contributed by atoms with E-state index in [1.54, 1.807) is 30.8 Å². The molecule has 1 aromatic heterocycles. The molecule has 1 amide bonds. The number of carbonyl (C=O) groups is 1. The quantitative estimate of drug-likeness (QED) is 0.719. The van der Waals surface area contributed by atoms with Crippen molar-refractivity contribution < 1.29 is 9.18 Å². The molecule has 0 radical (unpaired) electrons. The maximum absolute atomic E-state index is 13.4. The summed E-state index contributed by atoms with van der Waals surface area (Å²) in [5.41, 5.74) is 6.83. The lowest BCUT2D eigenvalue weighted by atomic mass is 10.1. The van der Waals surface area contributed by atoms with Crippen LogP contribution in [0.1, 0.15) is 16.1 Å². The van der Waals surface area contributed by atoms with E-state index < -0.39 is 11.7 Å². The summed E-state index contributed by atoms with van der Waals surface area (Å²) in [6.45, 7) is 1.71. The summed E-state index contributed by atoms with van der Waals surface area (Å²) in [6.07, 6.45) is 0. The summed E-state index contributed by atoms with van der Waals surface area (Å²) < 4.78 is 16.5. The standard InChI is InChI=1S/C18H17FN4O2/c1-11-16(21-17(24)14-10-12(19)8-9-15(14)20)18(25)23(22(11)2)13-6-4-3-5-7-13/h3-10H,20H2,1-2H3,(H,21,24). The van der Waals surface area contributed by atoms with Crippen molar-refractivity contribution in [2.75, 3.05) is 11.1 Å². The van der Waals surface area contributed by atoms with Crippen LogP contribution in [0.3, 0.4) is 0 Å². The van der Waals surface area contributed by atoms with Crippen LogP contribution in [0, 0.1) is 12.7 Å². The number of nitrogens with one attached hydrogen (secondary N) is 1. The number of benzene rings is 2. The number of nitrogens with zero attached hydrogens (tertiary/aromatic N) is 2. The van der Waals surface area contributed by atoms with E-state index in [4.69, 9.17) is 5.73 Å². The molecule has 3 rings (SSSR count). The molecule has 0 aliphatic heterocycles. The number of rotatable bonds is 3. The molecule has 2 aromatic carbocycles. The molecule has 0 fully saturated rings. The van der Waals surface area contributed by atoms with Gasteiger partial charge in [-0.1, -0.05) is 18.2 Å². The van der Waals surface area contributed by atoms with Crippen LogP contribution in [0.4, 0.5) is 15.8 Å². The SMILES string of the molecule is Cc1c(NC(=O)c2cc(F)ccc2N)c(=O)n(-c2ccccc2)n1C. The molecule has 25 heavy (non-hydrogen) atoms. The number of aromatic nitrogens is 2. The van der Waals surface area contributed by atoms with Gasteiger partial charge in [0.25, 0.3) is 11.5 Å². The third kappa shape index (κ3) is 2.91.